The van der Waals surface area contributed by atoms with Gasteiger partial charge in [0.1, 0.15) is 0 Å². The third-order valence-corrected chi connectivity index (χ3v) is 0.970. The molecule has 1 rings (SSSR count). The molecule has 0 radical (unpaired) electrons. The molecule has 0 aliphatic rings. The van der Waals surface area contributed by atoms with Crippen LogP contribution in [0, 0.1) is 6.92 Å². The fraction of sp³-hybridized carbons (Fsp3) is 0.333. The zero-order chi connectivity index (χ0) is 7.89. The average molecular weight is 98.2 g/mol. The van der Waals surface area contributed by atoms with E-state index < -0.39 is 0 Å². The lowest BCUT2D eigenvalue weighted by molar-refractivity contribution is 0.882. The normalized spacial score (nSPS) is 15.4. The molecule has 0 aromatic carbocycles. The van der Waals surface area contributed by atoms with E-state index in [0.717, 1.165) is 0 Å². The summed E-state index contributed by atoms with van der Waals surface area (Å²) in [5.41, 5.74) is 0.676. The molecule has 1 heterocycles. The fourth-order valence-corrected chi connectivity index (χ4v) is 0.370. The van der Waals surface area contributed by atoms with Gasteiger partial charge in [-0.15, -0.1) is 0 Å². The molecule has 0 fully saturated rings. The summed E-state index contributed by atoms with van der Waals surface area (Å²) in [5, 5.41) is 0. The predicted molar refractivity (Wildman–Crippen MR) is 30.1 cm³/mol. The van der Waals surface area contributed by atoms with Crippen LogP contribution in [0.15, 0.2) is 18.3 Å². The summed E-state index contributed by atoms with van der Waals surface area (Å²) >= 11 is 0. The van der Waals surface area contributed by atoms with Gasteiger partial charge >= 0.3 is 0 Å². The summed E-state index contributed by atoms with van der Waals surface area (Å²) in [4.78, 5) is 0. The summed E-state index contributed by atoms with van der Waals surface area (Å²) in [7, 11) is 1.69. The lowest BCUT2D eigenvalue weighted by atomic mass is 10.5. The average Bonchev–Trinajstić information content (AvgIpc) is 2.07. The molecule has 0 atom stereocenters. The number of hydrogen-bond donors (Lipinski definition) is 0. The van der Waals surface area contributed by atoms with Crippen LogP contribution >= 0.6 is 0 Å². The first kappa shape index (κ1) is 2.03. The molecule has 0 aliphatic heterocycles. The molecule has 1 nitrogen and oxygen atoms in total. The highest BCUT2D eigenvalue weighted by atomic mass is 14.9. The maximum Gasteiger partial charge on any atom is 0.0818 e. The first-order valence-corrected chi connectivity index (χ1v) is 2.14. The summed E-state index contributed by atoms with van der Waals surface area (Å²) in [5.74, 6) is 0. The van der Waals surface area contributed by atoms with Crippen molar-refractivity contribution in [3.63, 3.8) is 0 Å². The first-order chi connectivity index (χ1) is 4.55. The van der Waals surface area contributed by atoms with E-state index in [0.29, 0.717) is 5.69 Å². The molecule has 0 bridgehead atoms. The van der Waals surface area contributed by atoms with Crippen molar-refractivity contribution in [1.82, 2.24) is 4.57 Å². The zero-order valence-corrected chi connectivity index (χ0v) is 4.45. The Balaban J connectivity index is 3.44. The van der Waals surface area contributed by atoms with Crippen LogP contribution in [0.2, 0.25) is 0 Å². The molecule has 0 amide bonds. The van der Waals surface area contributed by atoms with Gasteiger partial charge in [0.25, 0.3) is 0 Å². The van der Waals surface area contributed by atoms with Crippen molar-refractivity contribution in [2.24, 2.45) is 7.05 Å². The highest BCUT2D eigenvalue weighted by Crippen LogP contribution is 1.93. The second kappa shape index (κ2) is 1.41. The predicted octanol–water partition coefficient (Wildman–Crippen LogP) is 1.33. The van der Waals surface area contributed by atoms with Gasteiger partial charge in [-0.25, -0.2) is 0 Å². The van der Waals surface area contributed by atoms with Gasteiger partial charge in [-0.3, -0.25) is 0 Å². The minimum absolute atomic E-state index is 0.0139. The molecule has 0 spiro atoms. The smallest absolute Gasteiger partial charge is 0.0818 e. The Morgan fingerprint density at radius 1 is 1.86 bits per heavy atom. The number of nitrogens with zero attached hydrogens (tertiary/aromatic N) is 1. The molecule has 0 saturated carbocycles. The van der Waals surface area contributed by atoms with Crippen LogP contribution in [0.4, 0.5) is 0 Å². The van der Waals surface area contributed by atoms with Crippen molar-refractivity contribution in [3.8, 4) is 0 Å². The minimum Gasteiger partial charge on any atom is -0.355 e. The van der Waals surface area contributed by atoms with Gasteiger partial charge < -0.3 is 4.57 Å². The Labute approximate surface area is 47.8 Å². The highest BCUT2D eigenvalue weighted by Gasteiger charge is 1.81. The van der Waals surface area contributed by atoms with E-state index in [2.05, 4.69) is 0 Å². The van der Waals surface area contributed by atoms with Crippen LogP contribution in [0.5, 0.6) is 0 Å². The first-order valence-electron chi connectivity index (χ1n) is 3.64. The van der Waals surface area contributed by atoms with E-state index in [1.807, 2.05) is 0 Å². The van der Waals surface area contributed by atoms with Gasteiger partial charge in [-0.2, -0.15) is 0 Å². The minimum atomic E-state index is 0.0139. The highest BCUT2D eigenvalue weighted by molar-refractivity contribution is 5.02. The van der Waals surface area contributed by atoms with Gasteiger partial charge in [0.05, 0.1) is 4.11 Å². The molecular weight excluding hydrogens is 86.1 g/mol. The third kappa shape index (κ3) is 0.660. The van der Waals surface area contributed by atoms with Crippen LogP contribution in [0.3, 0.4) is 0 Å². The van der Waals surface area contributed by atoms with Crippen molar-refractivity contribution in [1.29, 1.82) is 0 Å². The topological polar surface area (TPSA) is 4.93 Å². The summed E-state index contributed by atoms with van der Waals surface area (Å²) in [6.45, 7) is 1.73. The molecule has 0 N–H and O–H groups in total. The third-order valence-electron chi connectivity index (χ3n) is 0.970. The second-order valence-corrected chi connectivity index (χ2v) is 1.51. The van der Waals surface area contributed by atoms with Gasteiger partial charge in [0.2, 0.25) is 0 Å². The van der Waals surface area contributed by atoms with E-state index in [-0.39, 0.29) is 18.3 Å². The summed E-state index contributed by atoms with van der Waals surface area (Å²) in [6, 6.07) is 0.174. The maximum absolute atomic E-state index is 7.28. The number of aromatic nitrogens is 1. The SMILES string of the molecule is [2H]c1c([2H])c(C)n(C)c1[2H]. The van der Waals surface area contributed by atoms with Crippen molar-refractivity contribution < 1.29 is 4.11 Å². The van der Waals surface area contributed by atoms with Crippen LogP contribution < -0.4 is 0 Å². The van der Waals surface area contributed by atoms with E-state index in [9.17, 15) is 0 Å². The largest absolute Gasteiger partial charge is 0.355 e. The molecule has 0 aliphatic carbocycles. The Bertz CT molecular complexity index is 184. The number of rotatable bonds is 0. The van der Waals surface area contributed by atoms with Crippen LogP contribution in [0.1, 0.15) is 9.81 Å². The molecule has 1 heteroatoms. The van der Waals surface area contributed by atoms with Crippen LogP contribution in [-0.2, 0) is 7.05 Å². The van der Waals surface area contributed by atoms with Crippen molar-refractivity contribution >= 4 is 0 Å². The van der Waals surface area contributed by atoms with Gasteiger partial charge in [0.15, 0.2) is 0 Å². The van der Waals surface area contributed by atoms with E-state index in [1.54, 1.807) is 14.0 Å². The molecule has 0 saturated heterocycles. The summed E-state index contributed by atoms with van der Waals surface area (Å²) in [6.07, 6.45) is 0.113. The Kier molecular flexibility index (Phi) is 0.410. The second-order valence-electron chi connectivity index (χ2n) is 1.51. The van der Waals surface area contributed by atoms with Crippen LogP contribution in [0.25, 0.3) is 0 Å². The fourth-order valence-electron chi connectivity index (χ4n) is 0.370. The summed E-state index contributed by atoms with van der Waals surface area (Å²) < 4.78 is 23.3. The Morgan fingerprint density at radius 2 is 2.57 bits per heavy atom. The Morgan fingerprint density at radius 3 is 2.71 bits per heavy atom. The Hall–Kier alpha value is -0.720. The monoisotopic (exact) mass is 98.1 g/mol. The van der Waals surface area contributed by atoms with Gasteiger partial charge in [-0.05, 0) is 19.0 Å². The van der Waals surface area contributed by atoms with Gasteiger partial charge in [0, 0.05) is 18.9 Å². The van der Waals surface area contributed by atoms with Crippen LogP contribution in [-0.4, -0.2) is 4.57 Å². The van der Waals surface area contributed by atoms with Gasteiger partial charge in [-0.1, -0.05) is 0 Å². The molecular formula is C6H9N. The van der Waals surface area contributed by atoms with E-state index in [4.69, 9.17) is 4.11 Å². The van der Waals surface area contributed by atoms with Crippen molar-refractivity contribution in [2.75, 3.05) is 0 Å². The van der Waals surface area contributed by atoms with E-state index in [1.165, 1.54) is 4.57 Å². The zero-order valence-electron chi connectivity index (χ0n) is 7.45. The molecule has 1 aromatic rings. The molecule has 0 unspecified atom stereocenters. The molecule has 38 valence electrons. The van der Waals surface area contributed by atoms with Crippen molar-refractivity contribution in [2.45, 2.75) is 6.92 Å². The maximum atomic E-state index is 7.28. The molecule has 1 aromatic heterocycles. The van der Waals surface area contributed by atoms with Crippen molar-refractivity contribution in [3.05, 3.63) is 24.0 Å². The quantitative estimate of drug-likeness (QED) is 0.461. The lowest BCUT2D eigenvalue weighted by Gasteiger charge is -1.89. The molecule has 7 heavy (non-hydrogen) atoms. The lowest BCUT2D eigenvalue weighted by Crippen LogP contribution is -1.84. The number of hydrogen-bond acceptors (Lipinski definition) is 0. The van der Waals surface area contributed by atoms with E-state index >= 15 is 0 Å². The standard InChI is InChI=1S/C6H9N/c1-6-4-3-5-7(6)2/h3-5H,1-2H3/i3D,4D,5D.